The van der Waals surface area contributed by atoms with Crippen LogP contribution >= 0.6 is 0 Å². The number of nitrogens with two attached hydrogens (primary N) is 1. The quantitative estimate of drug-likeness (QED) is 0.208. The highest BCUT2D eigenvalue weighted by Gasteiger charge is 2.37. The number of hydrogen-bond donors (Lipinski definition) is 4. The van der Waals surface area contributed by atoms with Gasteiger partial charge in [0.05, 0.1) is 17.2 Å². The highest BCUT2D eigenvalue weighted by molar-refractivity contribution is 7.89. The first-order valence-electron chi connectivity index (χ1n) is 15.5. The molecule has 2 aromatic rings. The number of aliphatic imine (C=N–C) groups is 1. The number of benzene rings is 2. The Morgan fingerprint density at radius 3 is 2.66 bits per heavy atom. The molecule has 0 saturated carbocycles. The Bertz CT molecular complexity index is 1490. The van der Waals surface area contributed by atoms with E-state index in [1.54, 1.807) is 24.3 Å². The van der Waals surface area contributed by atoms with Crippen LogP contribution in [0.15, 0.2) is 57.9 Å². The first-order valence-corrected chi connectivity index (χ1v) is 17.0. The van der Waals surface area contributed by atoms with Crippen molar-refractivity contribution in [2.75, 3.05) is 45.9 Å². The van der Waals surface area contributed by atoms with Gasteiger partial charge in [0, 0.05) is 49.7 Å². The largest absolute Gasteiger partial charge is 0.387 e. The maximum absolute atomic E-state index is 13.5. The van der Waals surface area contributed by atoms with Crippen LogP contribution in [-0.2, 0) is 19.7 Å². The summed E-state index contributed by atoms with van der Waals surface area (Å²) >= 11 is 0. The molecule has 2 fully saturated rings. The van der Waals surface area contributed by atoms with Crippen molar-refractivity contribution in [1.29, 1.82) is 0 Å². The summed E-state index contributed by atoms with van der Waals surface area (Å²) in [5, 5.41) is 18.4. The van der Waals surface area contributed by atoms with Gasteiger partial charge >= 0.3 is 0 Å². The number of hydroxylamine groups is 2. The van der Waals surface area contributed by atoms with Crippen molar-refractivity contribution < 1.29 is 23.2 Å². The third kappa shape index (κ3) is 7.39. The standard InChI is InChI=1S/C32H44N6O5S/c1-3-14-38(43-4-2)32(40)27-15-26-9-8-25(17-29(26)36-30(33)18-27)24-6-5-7-28(16-24)44(41,42)37-20-22(21-37)19-35-31(39)23-10-12-34-13-11-23/h5-9,15-17,22-23,31,34-35,39H,3-4,10-14,18-21H2,1-2H3,(H2,33,36). The zero-order valence-corrected chi connectivity index (χ0v) is 26.4. The van der Waals surface area contributed by atoms with Crippen molar-refractivity contribution in [1.82, 2.24) is 20.0 Å². The number of carbonyl (C=O) groups excluding carboxylic acids is 1. The van der Waals surface area contributed by atoms with Gasteiger partial charge in [-0.05, 0) is 80.6 Å². The Morgan fingerprint density at radius 1 is 1.18 bits per heavy atom. The van der Waals surface area contributed by atoms with Crippen molar-refractivity contribution in [3.8, 4) is 11.1 Å². The van der Waals surface area contributed by atoms with E-state index in [4.69, 9.17) is 10.6 Å². The second-order valence-electron chi connectivity index (χ2n) is 11.7. The van der Waals surface area contributed by atoms with E-state index >= 15 is 0 Å². The summed E-state index contributed by atoms with van der Waals surface area (Å²) in [5.74, 6) is 0.467. The summed E-state index contributed by atoms with van der Waals surface area (Å²) in [7, 11) is -3.67. The van der Waals surface area contributed by atoms with Gasteiger partial charge in [0.2, 0.25) is 10.0 Å². The van der Waals surface area contributed by atoms with Crippen molar-refractivity contribution in [2.45, 2.75) is 50.7 Å². The van der Waals surface area contributed by atoms with Gasteiger partial charge in [-0.25, -0.2) is 18.5 Å². The van der Waals surface area contributed by atoms with Gasteiger partial charge in [0.1, 0.15) is 12.1 Å². The number of amides is 1. The molecule has 0 aliphatic carbocycles. The van der Waals surface area contributed by atoms with Crippen LogP contribution in [0.3, 0.4) is 0 Å². The number of sulfonamides is 1. The maximum atomic E-state index is 13.5. The van der Waals surface area contributed by atoms with Crippen molar-refractivity contribution in [2.24, 2.45) is 22.6 Å². The van der Waals surface area contributed by atoms with E-state index in [9.17, 15) is 18.3 Å². The monoisotopic (exact) mass is 624 g/mol. The number of nitrogens with zero attached hydrogens (tertiary/aromatic N) is 3. The molecule has 0 radical (unpaired) electrons. The molecular formula is C32H44N6O5S. The second-order valence-corrected chi connectivity index (χ2v) is 13.6. The Hall–Kier alpha value is -3.13. The highest BCUT2D eigenvalue weighted by Crippen LogP contribution is 2.34. The lowest BCUT2D eigenvalue weighted by Crippen LogP contribution is -2.54. The molecule has 0 bridgehead atoms. The SMILES string of the molecule is CCCN(OCC)C(=O)C1=Cc2ccc(-c3cccc(S(=O)(=O)N4CC(CNC(O)C5CCNCC5)C4)c3)cc2N=C(N)C1. The number of fused-ring (bicyclic) bond motifs is 1. The molecule has 2 saturated heterocycles. The summed E-state index contributed by atoms with van der Waals surface area (Å²) in [6.45, 7) is 7.92. The van der Waals surface area contributed by atoms with Crippen LogP contribution in [0, 0.1) is 11.8 Å². The van der Waals surface area contributed by atoms with Crippen molar-refractivity contribution >= 4 is 33.5 Å². The average molecular weight is 625 g/mol. The van der Waals surface area contributed by atoms with Gasteiger partial charge < -0.3 is 16.2 Å². The Labute approximate surface area is 260 Å². The third-order valence-electron chi connectivity index (χ3n) is 8.38. The number of carbonyl (C=O) groups is 1. The summed E-state index contributed by atoms with van der Waals surface area (Å²) in [6.07, 6.45) is 4.07. The number of hydrogen-bond acceptors (Lipinski definition) is 9. The third-order valence-corrected chi connectivity index (χ3v) is 10.2. The number of rotatable bonds is 12. The van der Waals surface area contributed by atoms with Crippen LogP contribution in [0.5, 0.6) is 0 Å². The van der Waals surface area contributed by atoms with Gasteiger partial charge in [-0.3, -0.25) is 14.9 Å². The molecule has 5 rings (SSSR count). The molecule has 1 amide bonds. The zero-order chi connectivity index (χ0) is 31.3. The fourth-order valence-electron chi connectivity index (χ4n) is 5.90. The molecule has 1 unspecified atom stereocenters. The molecule has 3 aliphatic rings. The first-order chi connectivity index (χ1) is 21.2. The lowest BCUT2D eigenvalue weighted by atomic mass is 9.95. The number of amidine groups is 1. The lowest BCUT2D eigenvalue weighted by Gasteiger charge is -2.39. The van der Waals surface area contributed by atoms with Gasteiger partial charge in [-0.15, -0.1) is 0 Å². The number of nitrogens with one attached hydrogen (secondary N) is 2. The minimum Gasteiger partial charge on any atom is -0.387 e. The number of piperidine rings is 1. The van der Waals surface area contributed by atoms with E-state index in [2.05, 4.69) is 15.6 Å². The van der Waals surface area contributed by atoms with E-state index in [0.717, 1.165) is 49.0 Å². The summed E-state index contributed by atoms with van der Waals surface area (Å²) < 4.78 is 28.4. The van der Waals surface area contributed by atoms with E-state index in [0.29, 0.717) is 49.9 Å². The molecule has 3 aliphatic heterocycles. The molecule has 12 heteroatoms. The predicted octanol–water partition coefficient (Wildman–Crippen LogP) is 2.85. The summed E-state index contributed by atoms with van der Waals surface area (Å²) in [4.78, 5) is 23.5. The van der Waals surface area contributed by atoms with Crippen LogP contribution < -0.4 is 16.4 Å². The molecule has 0 spiro atoms. The molecule has 3 heterocycles. The molecule has 0 aromatic heterocycles. The van der Waals surface area contributed by atoms with Gasteiger partial charge in [0.25, 0.3) is 5.91 Å². The van der Waals surface area contributed by atoms with Crippen LogP contribution in [0.2, 0.25) is 0 Å². The predicted molar refractivity (Wildman–Crippen MR) is 171 cm³/mol. The van der Waals surface area contributed by atoms with Crippen LogP contribution in [0.25, 0.3) is 17.2 Å². The topological polar surface area (TPSA) is 150 Å². The van der Waals surface area contributed by atoms with Crippen LogP contribution in [0.4, 0.5) is 5.69 Å². The van der Waals surface area contributed by atoms with E-state index in [1.807, 2.05) is 38.1 Å². The van der Waals surface area contributed by atoms with E-state index in [-0.39, 0.29) is 29.1 Å². The fraction of sp³-hybridized carbons (Fsp3) is 0.500. The fourth-order valence-corrected chi connectivity index (χ4v) is 7.54. The van der Waals surface area contributed by atoms with Crippen molar-refractivity contribution in [3.05, 3.63) is 53.6 Å². The van der Waals surface area contributed by atoms with Crippen LogP contribution in [-0.4, -0.2) is 86.7 Å². The van der Waals surface area contributed by atoms with Gasteiger partial charge in [-0.1, -0.05) is 31.2 Å². The lowest BCUT2D eigenvalue weighted by molar-refractivity contribution is -0.180. The second kappa shape index (κ2) is 14.3. The molecule has 11 nitrogen and oxygen atoms in total. The van der Waals surface area contributed by atoms with E-state index in [1.165, 1.54) is 9.37 Å². The smallest absolute Gasteiger partial charge is 0.273 e. The molecule has 44 heavy (non-hydrogen) atoms. The molecule has 238 valence electrons. The van der Waals surface area contributed by atoms with E-state index < -0.39 is 16.3 Å². The Balaban J connectivity index is 1.27. The summed E-state index contributed by atoms with van der Waals surface area (Å²) in [6, 6.07) is 12.5. The molecular weight excluding hydrogens is 580 g/mol. The van der Waals surface area contributed by atoms with Gasteiger partial charge in [-0.2, -0.15) is 4.31 Å². The normalized spacial score (nSPS) is 18.9. The van der Waals surface area contributed by atoms with Crippen LogP contribution in [0.1, 0.15) is 45.1 Å². The minimum atomic E-state index is -3.67. The maximum Gasteiger partial charge on any atom is 0.273 e. The number of aliphatic hydroxyl groups excluding tert-OH is 1. The van der Waals surface area contributed by atoms with Gasteiger partial charge in [0.15, 0.2) is 0 Å². The summed E-state index contributed by atoms with van der Waals surface area (Å²) in [5.41, 5.74) is 9.62. The molecule has 2 aromatic carbocycles. The minimum absolute atomic E-state index is 0.157. The average Bonchev–Trinajstić information content (AvgIpc) is 3.17. The first kappa shape index (κ1) is 32.3. The Kier molecular flexibility index (Phi) is 10.5. The molecule has 5 N–H and O–H groups in total. The zero-order valence-electron chi connectivity index (χ0n) is 25.5. The molecule has 1 atom stereocenters. The number of aliphatic hydroxyl groups is 1. The van der Waals surface area contributed by atoms with Crippen molar-refractivity contribution in [3.63, 3.8) is 0 Å². The Morgan fingerprint density at radius 2 is 1.93 bits per heavy atom. The highest BCUT2D eigenvalue weighted by atomic mass is 32.2.